The largest absolute Gasteiger partial charge is 0.622 e. The van der Waals surface area contributed by atoms with E-state index in [9.17, 15) is 5.21 Å². The Labute approximate surface area is 124 Å². The average Bonchev–Trinajstić information content (AvgIpc) is 2.53. The maximum atomic E-state index is 13.2. The summed E-state index contributed by atoms with van der Waals surface area (Å²) >= 11 is 1.68. The van der Waals surface area contributed by atoms with Gasteiger partial charge in [-0.05, 0) is 25.3 Å². The van der Waals surface area contributed by atoms with Gasteiger partial charge < -0.3 is 15.3 Å². The predicted octanol–water partition coefficient (Wildman–Crippen LogP) is 2.49. The highest BCUT2D eigenvalue weighted by molar-refractivity contribution is 7.98. The topological polar surface area (TPSA) is 44.3 Å². The fourth-order valence-electron chi connectivity index (χ4n) is 2.88. The third kappa shape index (κ3) is 2.01. The lowest BCUT2D eigenvalue weighted by atomic mass is 9.85. The van der Waals surface area contributed by atoms with E-state index in [1.54, 1.807) is 18.0 Å². The van der Waals surface area contributed by atoms with Crippen molar-refractivity contribution in [2.75, 3.05) is 26.0 Å². The van der Waals surface area contributed by atoms with Crippen molar-refractivity contribution >= 4 is 17.4 Å². The molecule has 2 aliphatic rings. The first kappa shape index (κ1) is 14.1. The molecule has 3 atom stereocenters. The van der Waals surface area contributed by atoms with E-state index in [4.69, 9.17) is 4.74 Å². The van der Waals surface area contributed by atoms with Crippen LogP contribution in [0.15, 0.2) is 41.4 Å². The highest BCUT2D eigenvalue weighted by Crippen LogP contribution is 2.44. The lowest BCUT2D eigenvalue weighted by molar-refractivity contribution is -0.0429. The molecule has 3 unspecified atom stereocenters. The van der Waals surface area contributed by atoms with Gasteiger partial charge in [-0.2, -0.15) is 0 Å². The molecule has 0 spiro atoms. The lowest BCUT2D eigenvalue weighted by Gasteiger charge is -2.59. The van der Waals surface area contributed by atoms with E-state index >= 15 is 0 Å². The zero-order valence-corrected chi connectivity index (χ0v) is 12.7. The summed E-state index contributed by atoms with van der Waals surface area (Å²) in [5, 5.41) is 16.6. The number of nitrogens with zero attached hydrogens (tertiary/aromatic N) is 1. The molecule has 1 fully saturated rings. The van der Waals surface area contributed by atoms with Crippen LogP contribution in [0, 0.1) is 5.21 Å². The van der Waals surface area contributed by atoms with Gasteiger partial charge in [-0.25, -0.2) is 0 Å². The van der Waals surface area contributed by atoms with Crippen LogP contribution in [0.1, 0.15) is 6.92 Å². The van der Waals surface area contributed by atoms with Crippen molar-refractivity contribution < 1.29 is 4.74 Å². The number of morpholine rings is 1. The van der Waals surface area contributed by atoms with Gasteiger partial charge in [0.05, 0.1) is 6.61 Å². The third-order valence-corrected chi connectivity index (χ3v) is 5.12. The highest BCUT2D eigenvalue weighted by Gasteiger charge is 2.53. The minimum atomic E-state index is -0.547. The molecule has 0 radical (unpaired) electrons. The first-order valence-electron chi connectivity index (χ1n) is 6.87. The molecule has 2 heterocycles. The molecule has 0 bridgehead atoms. The second-order valence-electron chi connectivity index (χ2n) is 5.46. The fourth-order valence-corrected chi connectivity index (χ4v) is 3.28. The van der Waals surface area contributed by atoms with Crippen molar-refractivity contribution in [2.45, 2.75) is 23.5 Å². The van der Waals surface area contributed by atoms with Gasteiger partial charge in [-0.3, -0.25) is 4.65 Å². The Morgan fingerprint density at radius 3 is 2.65 bits per heavy atom. The van der Waals surface area contributed by atoms with E-state index in [1.807, 2.05) is 43.5 Å². The van der Waals surface area contributed by atoms with Gasteiger partial charge in [0.1, 0.15) is 18.0 Å². The summed E-state index contributed by atoms with van der Waals surface area (Å²) in [6.45, 7) is 4.24. The monoisotopic (exact) mass is 292 g/mol. The van der Waals surface area contributed by atoms with E-state index in [1.165, 1.54) is 4.90 Å². The Kier molecular flexibility index (Phi) is 3.64. The average molecular weight is 292 g/mol. The highest BCUT2D eigenvalue weighted by atomic mass is 32.2. The summed E-state index contributed by atoms with van der Waals surface area (Å²) < 4.78 is 5.38. The number of ether oxygens (including phenoxy) is 1. The number of thioether (sulfide) groups is 1. The lowest BCUT2D eigenvalue weighted by Crippen LogP contribution is -2.70. The second kappa shape index (κ2) is 5.16. The van der Waals surface area contributed by atoms with Crippen LogP contribution in [0.2, 0.25) is 0 Å². The van der Waals surface area contributed by atoms with Crippen LogP contribution in [0.4, 0.5) is 5.69 Å². The minimum Gasteiger partial charge on any atom is -0.622 e. The Balaban J connectivity index is 1.89. The number of hydroxylamine groups is 2. The van der Waals surface area contributed by atoms with Gasteiger partial charge in [0.15, 0.2) is 5.54 Å². The Bertz CT molecular complexity index is 513. The van der Waals surface area contributed by atoms with E-state index in [0.29, 0.717) is 6.61 Å². The van der Waals surface area contributed by atoms with Gasteiger partial charge in [0.25, 0.3) is 0 Å². The molecule has 0 saturated carbocycles. The maximum Gasteiger partial charge on any atom is 0.157 e. The normalized spacial score (nSPS) is 36.6. The smallest absolute Gasteiger partial charge is 0.157 e. The fraction of sp³-hybridized carbons (Fsp3) is 0.467. The quantitative estimate of drug-likeness (QED) is 0.528. The summed E-state index contributed by atoms with van der Waals surface area (Å²) in [4.78, 5) is 1.17. The second-order valence-corrected chi connectivity index (χ2v) is 6.34. The number of hydrogen-bond acceptors (Lipinski definition) is 4. The van der Waals surface area contributed by atoms with Crippen LogP contribution in [0.3, 0.4) is 0 Å². The third-order valence-electron chi connectivity index (χ3n) is 4.37. The Hall–Kier alpha value is -0.850. The molecule has 1 aromatic carbocycles. The summed E-state index contributed by atoms with van der Waals surface area (Å²) in [5.74, 6) is 0. The van der Waals surface area contributed by atoms with Crippen LogP contribution in [0.5, 0.6) is 0 Å². The van der Waals surface area contributed by atoms with Crippen molar-refractivity contribution in [3.05, 3.63) is 41.7 Å². The number of nitrogens with one attached hydrogen (secondary N) is 1. The molecule has 0 aliphatic carbocycles. The number of quaternary nitrogens is 1. The summed E-state index contributed by atoms with van der Waals surface area (Å²) in [5.41, 5.74) is 0.218. The van der Waals surface area contributed by atoms with E-state index in [2.05, 4.69) is 5.32 Å². The zero-order chi connectivity index (χ0) is 14.2. The molecular formula is C15H20N2O2S. The van der Waals surface area contributed by atoms with Gasteiger partial charge in [-0.15, -0.1) is 11.8 Å². The van der Waals surface area contributed by atoms with Crippen molar-refractivity contribution in [3.63, 3.8) is 0 Å². The molecule has 20 heavy (non-hydrogen) atoms. The molecule has 0 amide bonds. The van der Waals surface area contributed by atoms with Gasteiger partial charge >= 0.3 is 0 Å². The number of benzene rings is 1. The van der Waals surface area contributed by atoms with Gasteiger partial charge in [0, 0.05) is 36.2 Å². The molecule has 108 valence electrons. The number of rotatable bonds is 3. The molecular weight excluding hydrogens is 272 g/mol. The van der Waals surface area contributed by atoms with Crippen LogP contribution >= 0.6 is 11.8 Å². The molecule has 4 nitrogen and oxygen atoms in total. The van der Waals surface area contributed by atoms with E-state index < -0.39 is 10.2 Å². The Morgan fingerprint density at radius 2 is 2.15 bits per heavy atom. The number of hydrogen-bond donors (Lipinski definition) is 1. The van der Waals surface area contributed by atoms with E-state index in [0.717, 1.165) is 18.8 Å². The molecule has 1 N–H and O–H groups in total. The molecule has 0 aromatic heterocycles. The first-order valence-corrected chi connectivity index (χ1v) is 8.10. The van der Waals surface area contributed by atoms with Crippen molar-refractivity contribution in [1.82, 2.24) is 9.96 Å². The van der Waals surface area contributed by atoms with Crippen molar-refractivity contribution in [2.24, 2.45) is 0 Å². The predicted molar refractivity (Wildman–Crippen MR) is 83.5 cm³/mol. The first-order chi connectivity index (χ1) is 9.60. The molecule has 1 aromatic rings. The standard InChI is InChI=1S/C15H20N2O2S/c1-15(14-11-16-8-10-19-14)7-9-17(15,18)12-3-5-13(20-2)6-4-12/h3-7,9,14,16H,8,10-11H2,1-2H3. The summed E-state index contributed by atoms with van der Waals surface area (Å²) in [6, 6.07) is 7.86. The van der Waals surface area contributed by atoms with Gasteiger partial charge in [0.2, 0.25) is 0 Å². The van der Waals surface area contributed by atoms with Crippen LogP contribution in [-0.2, 0) is 4.74 Å². The van der Waals surface area contributed by atoms with Crippen molar-refractivity contribution in [1.29, 1.82) is 0 Å². The molecule has 3 rings (SSSR count). The van der Waals surface area contributed by atoms with Crippen LogP contribution in [0.25, 0.3) is 0 Å². The SMILES string of the molecule is CSc1ccc([N+]2([O-])C=CC2(C)C2CNCCO2)cc1. The van der Waals surface area contributed by atoms with Crippen LogP contribution < -0.4 is 9.96 Å². The molecule has 2 aliphatic heterocycles. The zero-order valence-electron chi connectivity index (χ0n) is 11.8. The van der Waals surface area contributed by atoms with Gasteiger partial charge in [-0.1, -0.05) is 0 Å². The van der Waals surface area contributed by atoms with Crippen molar-refractivity contribution in [3.8, 4) is 0 Å². The summed E-state index contributed by atoms with van der Waals surface area (Å²) in [7, 11) is 0. The molecule has 5 heteroatoms. The molecule has 1 saturated heterocycles. The summed E-state index contributed by atoms with van der Waals surface area (Å²) in [6.07, 6.45) is 5.65. The maximum absolute atomic E-state index is 13.2. The van der Waals surface area contributed by atoms with E-state index in [-0.39, 0.29) is 6.10 Å². The van der Waals surface area contributed by atoms with Crippen LogP contribution in [-0.4, -0.2) is 37.6 Å². The minimum absolute atomic E-state index is 0.0843. The Morgan fingerprint density at radius 1 is 1.40 bits per heavy atom.